The summed E-state index contributed by atoms with van der Waals surface area (Å²) >= 11 is 0. The molecule has 1 aliphatic heterocycles. The standard InChI is InChI=1S/C13H13NO7/c15-5-1-3-4-2-6(16)10(18)12(20)8(4)14-13(21)7(3)11(19)9(5)17/h1-2,6,8,10,12,15-20H,(H,14,21)/t6-,8?,10+,12-/m0/s1. The van der Waals surface area contributed by atoms with Crippen molar-refractivity contribution in [2.45, 2.75) is 24.4 Å². The van der Waals surface area contributed by atoms with Gasteiger partial charge in [-0.3, -0.25) is 4.79 Å². The van der Waals surface area contributed by atoms with Crippen LogP contribution in [0.15, 0.2) is 12.1 Å². The van der Waals surface area contributed by atoms with Crippen LogP contribution in [-0.4, -0.2) is 60.9 Å². The van der Waals surface area contributed by atoms with Gasteiger partial charge in [0.05, 0.1) is 11.6 Å². The van der Waals surface area contributed by atoms with Gasteiger partial charge in [0, 0.05) is 5.56 Å². The largest absolute Gasteiger partial charge is 0.504 e. The SMILES string of the molecule is O=C1NC2C(=C[C@H](O)[C@@H](O)[C@H]2O)c2cc(O)c(O)c(O)c21. The van der Waals surface area contributed by atoms with Gasteiger partial charge in [-0.15, -0.1) is 0 Å². The third-order valence-corrected chi connectivity index (χ3v) is 3.81. The lowest BCUT2D eigenvalue weighted by molar-refractivity contribution is -0.0535. The number of aliphatic hydroxyl groups excluding tert-OH is 3. The Hall–Kier alpha value is -2.29. The van der Waals surface area contributed by atoms with Gasteiger partial charge in [-0.05, 0) is 17.7 Å². The number of rotatable bonds is 0. The molecule has 4 atom stereocenters. The Bertz CT molecular complexity index is 669. The van der Waals surface area contributed by atoms with Crippen molar-refractivity contribution in [2.75, 3.05) is 0 Å². The quantitative estimate of drug-likeness (QED) is 0.285. The Morgan fingerprint density at radius 1 is 1.00 bits per heavy atom. The number of fused-ring (bicyclic) bond motifs is 3. The second kappa shape index (κ2) is 4.35. The third-order valence-electron chi connectivity index (χ3n) is 3.81. The van der Waals surface area contributed by atoms with Crippen molar-refractivity contribution >= 4 is 11.5 Å². The van der Waals surface area contributed by atoms with Crippen LogP contribution >= 0.6 is 0 Å². The van der Waals surface area contributed by atoms with E-state index >= 15 is 0 Å². The molecule has 112 valence electrons. The smallest absolute Gasteiger partial charge is 0.256 e. The number of nitrogens with one attached hydrogen (secondary N) is 1. The molecule has 0 fully saturated rings. The molecular weight excluding hydrogens is 282 g/mol. The summed E-state index contributed by atoms with van der Waals surface area (Å²) in [5.41, 5.74) is 0.0330. The Labute approximate surface area is 118 Å². The molecule has 0 spiro atoms. The van der Waals surface area contributed by atoms with Crippen molar-refractivity contribution in [2.24, 2.45) is 0 Å². The number of aliphatic hydroxyl groups is 3. The first-order chi connectivity index (χ1) is 9.82. The molecule has 3 rings (SSSR count). The Morgan fingerprint density at radius 3 is 2.33 bits per heavy atom. The van der Waals surface area contributed by atoms with Gasteiger partial charge in [0.2, 0.25) is 5.75 Å². The topological polar surface area (TPSA) is 150 Å². The Morgan fingerprint density at radius 2 is 1.67 bits per heavy atom. The highest BCUT2D eigenvalue weighted by Gasteiger charge is 2.43. The molecular formula is C13H13NO7. The number of phenolic OH excluding ortho intramolecular Hbond substituents is 3. The van der Waals surface area contributed by atoms with Gasteiger partial charge in [0.25, 0.3) is 5.91 Å². The van der Waals surface area contributed by atoms with E-state index in [0.717, 1.165) is 6.07 Å². The van der Waals surface area contributed by atoms with Gasteiger partial charge in [0.15, 0.2) is 11.5 Å². The summed E-state index contributed by atoms with van der Waals surface area (Å²) in [7, 11) is 0. The van der Waals surface area contributed by atoms with Gasteiger partial charge in [0.1, 0.15) is 18.3 Å². The molecule has 1 heterocycles. The highest BCUT2D eigenvalue weighted by Crippen LogP contribution is 2.45. The Kier molecular flexibility index (Phi) is 2.84. The molecule has 1 aromatic rings. The molecule has 0 bridgehead atoms. The average molecular weight is 295 g/mol. The summed E-state index contributed by atoms with van der Waals surface area (Å²) in [6, 6.07) is 0.0609. The first-order valence-corrected chi connectivity index (χ1v) is 6.18. The predicted molar refractivity (Wildman–Crippen MR) is 68.7 cm³/mol. The molecule has 0 radical (unpaired) electrons. The van der Waals surface area contributed by atoms with Crippen molar-refractivity contribution in [1.29, 1.82) is 0 Å². The maximum atomic E-state index is 12.0. The molecule has 1 unspecified atom stereocenters. The minimum absolute atomic E-state index is 0.0709. The maximum absolute atomic E-state index is 12.0. The molecule has 0 saturated carbocycles. The number of amides is 1. The van der Waals surface area contributed by atoms with Crippen LogP contribution in [0.4, 0.5) is 0 Å². The molecule has 8 heteroatoms. The van der Waals surface area contributed by atoms with Gasteiger partial charge in [-0.2, -0.15) is 0 Å². The van der Waals surface area contributed by atoms with Crippen LogP contribution in [0.25, 0.3) is 5.57 Å². The van der Waals surface area contributed by atoms with E-state index in [9.17, 15) is 35.4 Å². The fourth-order valence-electron chi connectivity index (χ4n) is 2.71. The zero-order chi connectivity index (χ0) is 15.5. The zero-order valence-corrected chi connectivity index (χ0v) is 10.6. The van der Waals surface area contributed by atoms with Crippen molar-refractivity contribution in [3.8, 4) is 17.2 Å². The number of carbonyl (C=O) groups is 1. The first-order valence-electron chi connectivity index (χ1n) is 6.18. The summed E-state index contributed by atoms with van der Waals surface area (Å²) in [5, 5.41) is 60.5. The normalized spacial score (nSPS) is 31.0. The summed E-state index contributed by atoms with van der Waals surface area (Å²) in [5.74, 6) is -3.05. The van der Waals surface area contributed by atoms with Crippen LogP contribution in [0.5, 0.6) is 17.2 Å². The number of benzene rings is 1. The van der Waals surface area contributed by atoms with Crippen LogP contribution < -0.4 is 5.32 Å². The lowest BCUT2D eigenvalue weighted by Gasteiger charge is -2.39. The molecule has 0 aromatic heterocycles. The number of aromatic hydroxyl groups is 3. The van der Waals surface area contributed by atoms with Crippen LogP contribution in [0.3, 0.4) is 0 Å². The number of phenols is 3. The highest BCUT2D eigenvalue weighted by molar-refractivity contribution is 6.07. The van der Waals surface area contributed by atoms with Crippen LogP contribution in [-0.2, 0) is 0 Å². The molecule has 8 nitrogen and oxygen atoms in total. The Balaban J connectivity index is 2.26. The van der Waals surface area contributed by atoms with E-state index in [1.54, 1.807) is 0 Å². The van der Waals surface area contributed by atoms with E-state index in [-0.39, 0.29) is 16.7 Å². The molecule has 1 aromatic carbocycles. The predicted octanol–water partition coefficient (Wildman–Crippen LogP) is -1.60. The third kappa shape index (κ3) is 1.77. The average Bonchev–Trinajstić information content (AvgIpc) is 2.44. The minimum Gasteiger partial charge on any atom is -0.504 e. The zero-order valence-electron chi connectivity index (χ0n) is 10.6. The van der Waals surface area contributed by atoms with E-state index in [1.807, 2.05) is 0 Å². The fraction of sp³-hybridized carbons (Fsp3) is 0.308. The number of hydrogen-bond donors (Lipinski definition) is 7. The van der Waals surface area contributed by atoms with E-state index in [0.29, 0.717) is 0 Å². The summed E-state index contributed by atoms with van der Waals surface area (Å²) in [4.78, 5) is 12.0. The van der Waals surface area contributed by atoms with E-state index in [2.05, 4.69) is 5.32 Å². The minimum atomic E-state index is -1.47. The van der Waals surface area contributed by atoms with E-state index in [4.69, 9.17) is 0 Å². The highest BCUT2D eigenvalue weighted by atomic mass is 16.4. The fourth-order valence-corrected chi connectivity index (χ4v) is 2.71. The molecule has 1 aliphatic carbocycles. The van der Waals surface area contributed by atoms with Gasteiger partial charge < -0.3 is 36.0 Å². The van der Waals surface area contributed by atoms with Crippen molar-refractivity contribution in [3.05, 3.63) is 23.3 Å². The van der Waals surface area contributed by atoms with Crippen molar-refractivity contribution < 1.29 is 35.4 Å². The molecule has 2 aliphatic rings. The summed E-state index contributed by atoms with van der Waals surface area (Å²) in [6.45, 7) is 0. The van der Waals surface area contributed by atoms with Gasteiger partial charge in [-0.1, -0.05) is 0 Å². The van der Waals surface area contributed by atoms with Gasteiger partial charge in [-0.25, -0.2) is 0 Å². The first kappa shape index (κ1) is 13.7. The van der Waals surface area contributed by atoms with Crippen molar-refractivity contribution in [3.63, 3.8) is 0 Å². The molecule has 0 saturated heterocycles. The van der Waals surface area contributed by atoms with Crippen LogP contribution in [0.2, 0.25) is 0 Å². The van der Waals surface area contributed by atoms with Crippen molar-refractivity contribution in [1.82, 2.24) is 5.32 Å². The molecule has 21 heavy (non-hydrogen) atoms. The van der Waals surface area contributed by atoms with E-state index in [1.165, 1.54) is 6.08 Å². The molecule has 1 amide bonds. The van der Waals surface area contributed by atoms with Crippen LogP contribution in [0, 0.1) is 0 Å². The number of hydrogen-bond acceptors (Lipinski definition) is 7. The van der Waals surface area contributed by atoms with Gasteiger partial charge >= 0.3 is 0 Å². The van der Waals surface area contributed by atoms with Crippen LogP contribution in [0.1, 0.15) is 15.9 Å². The second-order valence-corrected chi connectivity index (χ2v) is 5.06. The summed E-state index contributed by atoms with van der Waals surface area (Å²) in [6.07, 6.45) is -3.07. The second-order valence-electron chi connectivity index (χ2n) is 5.06. The number of carbonyl (C=O) groups excluding carboxylic acids is 1. The lowest BCUT2D eigenvalue weighted by atomic mass is 9.79. The maximum Gasteiger partial charge on any atom is 0.256 e. The summed E-state index contributed by atoms with van der Waals surface area (Å²) < 4.78 is 0. The monoisotopic (exact) mass is 295 g/mol. The molecule has 7 N–H and O–H groups in total. The lowest BCUT2D eigenvalue weighted by Crippen LogP contribution is -2.57. The van der Waals surface area contributed by atoms with E-state index < -0.39 is 47.5 Å².